The zero-order valence-electron chi connectivity index (χ0n) is 11.5. The Hall–Kier alpha value is -1.41. The van der Waals surface area contributed by atoms with E-state index >= 15 is 0 Å². The molecular weight excluding hydrogens is 300 g/mol. The van der Waals surface area contributed by atoms with Crippen molar-refractivity contribution in [3.8, 4) is 0 Å². The van der Waals surface area contributed by atoms with E-state index in [4.69, 9.17) is 13.7 Å². The number of carbonyl (C=O) groups excluding carboxylic acids is 2. The summed E-state index contributed by atoms with van der Waals surface area (Å²) >= 11 is 0. The van der Waals surface area contributed by atoms with Crippen LogP contribution >= 0.6 is 0 Å². The van der Waals surface area contributed by atoms with Gasteiger partial charge in [-0.05, 0) is 19.8 Å². The maximum absolute atomic E-state index is 11.8. The monoisotopic (exact) mass is 316 g/mol. The number of hydrogen-bond acceptors (Lipinski definition) is 7. The molecule has 0 N–H and O–H groups in total. The van der Waals surface area contributed by atoms with Crippen molar-refractivity contribution in [2.75, 3.05) is 6.61 Å². The molecule has 0 aromatic carbocycles. The van der Waals surface area contributed by atoms with E-state index in [0.717, 1.165) is 0 Å². The van der Waals surface area contributed by atoms with Gasteiger partial charge in [-0.2, -0.15) is 8.42 Å². The van der Waals surface area contributed by atoms with Gasteiger partial charge in [0.05, 0.1) is 5.25 Å². The van der Waals surface area contributed by atoms with Gasteiger partial charge in [-0.25, -0.2) is 9.59 Å². The van der Waals surface area contributed by atoms with Crippen molar-refractivity contribution < 1.29 is 31.7 Å². The van der Waals surface area contributed by atoms with E-state index in [1.54, 1.807) is 0 Å². The Balaban J connectivity index is 1.59. The Morgan fingerprint density at radius 1 is 1.33 bits per heavy atom. The Kier molecular flexibility index (Phi) is 3.32. The molecule has 116 valence electrons. The van der Waals surface area contributed by atoms with Crippen molar-refractivity contribution in [2.45, 2.75) is 37.2 Å². The van der Waals surface area contributed by atoms with Crippen molar-refractivity contribution >= 4 is 22.1 Å². The Morgan fingerprint density at radius 2 is 2.05 bits per heavy atom. The Morgan fingerprint density at radius 3 is 2.71 bits per heavy atom. The quantitative estimate of drug-likeness (QED) is 0.414. The molecule has 0 spiro atoms. The van der Waals surface area contributed by atoms with Crippen LogP contribution in [-0.4, -0.2) is 44.4 Å². The lowest BCUT2D eigenvalue weighted by Gasteiger charge is -2.24. The fourth-order valence-corrected chi connectivity index (χ4v) is 5.36. The van der Waals surface area contributed by atoms with Gasteiger partial charge in [-0.1, -0.05) is 6.58 Å². The highest BCUT2D eigenvalue weighted by atomic mass is 32.2. The topological polar surface area (TPSA) is 96.0 Å². The SMILES string of the molecule is C=C(C)C(=O)OCC(=O)OC1C2CC3C1OS(=O)(=O)C3C2. The third-order valence-electron chi connectivity index (χ3n) is 4.35. The van der Waals surface area contributed by atoms with Crippen LogP contribution in [0.15, 0.2) is 12.2 Å². The predicted octanol–water partition coefficient (Wildman–Crippen LogP) is 0.155. The van der Waals surface area contributed by atoms with Crippen molar-refractivity contribution in [3.63, 3.8) is 0 Å². The van der Waals surface area contributed by atoms with E-state index in [0.29, 0.717) is 12.8 Å². The minimum Gasteiger partial charge on any atom is -0.457 e. The normalized spacial score (nSPS) is 38.2. The number of rotatable bonds is 4. The average molecular weight is 316 g/mol. The molecule has 2 bridgehead atoms. The van der Waals surface area contributed by atoms with Crippen molar-refractivity contribution in [1.29, 1.82) is 0 Å². The minimum atomic E-state index is -3.53. The van der Waals surface area contributed by atoms with Crippen LogP contribution in [-0.2, 0) is 33.4 Å². The highest BCUT2D eigenvalue weighted by molar-refractivity contribution is 7.87. The van der Waals surface area contributed by atoms with Crippen LogP contribution in [0.2, 0.25) is 0 Å². The van der Waals surface area contributed by atoms with E-state index in [2.05, 4.69) is 6.58 Å². The summed E-state index contributed by atoms with van der Waals surface area (Å²) in [7, 11) is -3.53. The van der Waals surface area contributed by atoms with E-state index in [1.807, 2.05) is 0 Å². The fraction of sp³-hybridized carbons (Fsp3) is 0.692. The lowest BCUT2D eigenvalue weighted by atomic mass is 9.94. The molecule has 3 fully saturated rings. The minimum absolute atomic E-state index is 0.00284. The first-order valence-electron chi connectivity index (χ1n) is 6.74. The second kappa shape index (κ2) is 4.81. The molecule has 5 unspecified atom stereocenters. The summed E-state index contributed by atoms with van der Waals surface area (Å²) < 4.78 is 38.6. The third-order valence-corrected chi connectivity index (χ3v) is 6.13. The Bertz CT molecular complexity index is 608. The van der Waals surface area contributed by atoms with Gasteiger partial charge in [0.25, 0.3) is 10.1 Å². The van der Waals surface area contributed by atoms with Gasteiger partial charge in [-0.15, -0.1) is 0 Å². The smallest absolute Gasteiger partial charge is 0.344 e. The van der Waals surface area contributed by atoms with Crippen molar-refractivity contribution in [3.05, 3.63) is 12.2 Å². The maximum atomic E-state index is 11.8. The molecule has 0 radical (unpaired) electrons. The van der Waals surface area contributed by atoms with Gasteiger partial charge in [-0.3, -0.25) is 4.18 Å². The second-order valence-corrected chi connectivity index (χ2v) is 7.58. The van der Waals surface area contributed by atoms with Gasteiger partial charge in [0.15, 0.2) is 6.61 Å². The highest BCUT2D eigenvalue weighted by Gasteiger charge is 2.65. The summed E-state index contributed by atoms with van der Waals surface area (Å²) in [4.78, 5) is 22.9. The van der Waals surface area contributed by atoms with Crippen LogP contribution < -0.4 is 0 Å². The molecule has 7 nitrogen and oxygen atoms in total. The standard InChI is InChI=1S/C13H16O7S/c1-6(2)13(15)18-5-10(14)19-11-7-3-8-9(4-7)21(16,17)20-12(8)11/h7-9,11-12H,1,3-5H2,2H3. The second-order valence-electron chi connectivity index (χ2n) is 5.80. The molecule has 5 atom stereocenters. The van der Waals surface area contributed by atoms with Crippen molar-refractivity contribution in [1.82, 2.24) is 0 Å². The van der Waals surface area contributed by atoms with Gasteiger partial charge in [0, 0.05) is 17.4 Å². The first kappa shape index (κ1) is 14.5. The van der Waals surface area contributed by atoms with Crippen LogP contribution in [0.4, 0.5) is 0 Å². The predicted molar refractivity (Wildman–Crippen MR) is 69.4 cm³/mol. The fourth-order valence-electron chi connectivity index (χ4n) is 3.48. The number of fused-ring (bicyclic) bond motifs is 1. The molecular formula is C13H16O7S. The lowest BCUT2D eigenvalue weighted by molar-refractivity contribution is -0.165. The van der Waals surface area contributed by atoms with Gasteiger partial charge < -0.3 is 9.47 Å². The van der Waals surface area contributed by atoms with Gasteiger partial charge in [0.1, 0.15) is 12.2 Å². The summed E-state index contributed by atoms with van der Waals surface area (Å²) in [5.74, 6) is -1.45. The zero-order valence-corrected chi connectivity index (χ0v) is 12.3. The summed E-state index contributed by atoms with van der Waals surface area (Å²) in [5.41, 5.74) is 0.191. The highest BCUT2D eigenvalue weighted by Crippen LogP contribution is 2.55. The van der Waals surface area contributed by atoms with Crippen LogP contribution in [0.25, 0.3) is 0 Å². The van der Waals surface area contributed by atoms with E-state index in [9.17, 15) is 18.0 Å². The molecule has 0 aromatic rings. The molecule has 21 heavy (non-hydrogen) atoms. The van der Waals surface area contributed by atoms with E-state index in [1.165, 1.54) is 6.92 Å². The molecule has 1 saturated heterocycles. The van der Waals surface area contributed by atoms with Gasteiger partial charge >= 0.3 is 11.9 Å². The molecule has 3 aliphatic rings. The van der Waals surface area contributed by atoms with Crippen LogP contribution in [0.3, 0.4) is 0 Å². The summed E-state index contributed by atoms with van der Waals surface area (Å²) in [6.45, 7) is 4.36. The molecule has 3 rings (SSSR count). The average Bonchev–Trinajstić information content (AvgIpc) is 2.99. The van der Waals surface area contributed by atoms with E-state index in [-0.39, 0.29) is 17.4 Å². The number of esters is 2. The summed E-state index contributed by atoms with van der Waals surface area (Å²) in [6.07, 6.45) is 0.00419. The van der Waals surface area contributed by atoms with E-state index < -0.39 is 46.1 Å². The summed E-state index contributed by atoms with van der Waals surface area (Å²) in [6, 6.07) is 0. The number of ether oxygens (including phenoxy) is 2. The number of carbonyl (C=O) groups is 2. The molecule has 0 amide bonds. The largest absolute Gasteiger partial charge is 0.457 e. The molecule has 2 saturated carbocycles. The van der Waals surface area contributed by atoms with Gasteiger partial charge in [0.2, 0.25) is 0 Å². The molecule has 2 aliphatic carbocycles. The van der Waals surface area contributed by atoms with Crippen molar-refractivity contribution in [2.24, 2.45) is 11.8 Å². The zero-order chi connectivity index (χ0) is 15.4. The first-order valence-corrected chi connectivity index (χ1v) is 8.21. The first-order chi connectivity index (χ1) is 9.79. The Labute approximate surface area is 122 Å². The molecule has 1 heterocycles. The third kappa shape index (κ3) is 2.36. The van der Waals surface area contributed by atoms with Crippen LogP contribution in [0.1, 0.15) is 19.8 Å². The molecule has 0 aromatic heterocycles. The van der Waals surface area contributed by atoms with Crippen LogP contribution in [0, 0.1) is 11.8 Å². The lowest BCUT2D eigenvalue weighted by Crippen LogP contribution is -2.38. The molecule has 1 aliphatic heterocycles. The maximum Gasteiger partial charge on any atom is 0.344 e. The summed E-state index contributed by atoms with van der Waals surface area (Å²) in [5, 5.41) is -0.455. The number of hydrogen-bond donors (Lipinski definition) is 0. The van der Waals surface area contributed by atoms with Crippen LogP contribution in [0.5, 0.6) is 0 Å². The molecule has 8 heteroatoms.